The number of thiophene rings is 1. The van der Waals surface area contributed by atoms with Crippen LogP contribution < -0.4 is 4.90 Å². The summed E-state index contributed by atoms with van der Waals surface area (Å²) in [4.78, 5) is 25.3. The Balaban J connectivity index is 0.000000275. The summed E-state index contributed by atoms with van der Waals surface area (Å²) in [6, 6.07) is 9.73. The van der Waals surface area contributed by atoms with Gasteiger partial charge in [0, 0.05) is 37.3 Å². The summed E-state index contributed by atoms with van der Waals surface area (Å²) in [6.07, 6.45) is 6.46. The van der Waals surface area contributed by atoms with Gasteiger partial charge in [-0.25, -0.2) is 9.59 Å². The quantitative estimate of drug-likeness (QED) is 0.713. The first kappa shape index (κ1) is 21.9. The monoisotopic (exact) mass is 430 g/mol. The van der Waals surface area contributed by atoms with E-state index in [-0.39, 0.29) is 0 Å². The Morgan fingerprint density at radius 1 is 1.03 bits per heavy atom. The van der Waals surface area contributed by atoms with Crippen LogP contribution in [0.2, 0.25) is 0 Å². The van der Waals surface area contributed by atoms with Crippen LogP contribution in [0.15, 0.2) is 41.8 Å². The molecule has 30 heavy (non-hydrogen) atoms. The van der Waals surface area contributed by atoms with Gasteiger partial charge in [-0.2, -0.15) is 0 Å². The van der Waals surface area contributed by atoms with E-state index in [1.54, 1.807) is 11.3 Å². The molecule has 0 spiro atoms. The molecule has 0 saturated carbocycles. The highest BCUT2D eigenvalue weighted by Gasteiger charge is 2.33. The van der Waals surface area contributed by atoms with E-state index in [0.29, 0.717) is 24.2 Å². The minimum absolute atomic E-state index is 0.558. The average molecular weight is 431 g/mol. The summed E-state index contributed by atoms with van der Waals surface area (Å²) in [7, 11) is 2.30. The fraction of sp³-hybridized carbons (Fsp3) is 0.429. The lowest BCUT2D eigenvalue weighted by atomic mass is 10.1. The third-order valence-corrected chi connectivity index (χ3v) is 6.35. The lowest BCUT2D eigenvalue weighted by molar-refractivity contribution is -0.134. The molecule has 160 valence electrons. The smallest absolute Gasteiger partial charge is 0.328 e. The van der Waals surface area contributed by atoms with E-state index < -0.39 is 11.9 Å². The number of fused-ring (bicyclic) bond motifs is 2. The Kier molecular flexibility index (Phi) is 7.53. The molecule has 2 aromatic heterocycles. The van der Waals surface area contributed by atoms with E-state index in [2.05, 4.69) is 56.7 Å². The highest BCUT2D eigenvalue weighted by Crippen LogP contribution is 2.29. The van der Waals surface area contributed by atoms with Gasteiger partial charge in [0.15, 0.2) is 5.82 Å². The highest BCUT2D eigenvalue weighted by atomic mass is 32.1. The van der Waals surface area contributed by atoms with Crippen LogP contribution in [0.3, 0.4) is 0 Å². The first-order chi connectivity index (χ1) is 14.4. The van der Waals surface area contributed by atoms with Crippen molar-refractivity contribution in [3.63, 3.8) is 0 Å². The molecule has 0 radical (unpaired) electrons. The molecule has 0 amide bonds. The molecule has 4 rings (SSSR count). The van der Waals surface area contributed by atoms with E-state index in [9.17, 15) is 9.59 Å². The van der Waals surface area contributed by atoms with Gasteiger partial charge in [0.2, 0.25) is 0 Å². The maximum Gasteiger partial charge on any atom is 0.328 e. The second kappa shape index (κ2) is 10.3. The zero-order chi connectivity index (χ0) is 21.5. The molecule has 4 heterocycles. The average Bonchev–Trinajstić information content (AvgIpc) is 3.24. The fourth-order valence-electron chi connectivity index (χ4n) is 3.87. The third-order valence-electron chi connectivity index (χ3n) is 5.46. The van der Waals surface area contributed by atoms with Crippen molar-refractivity contribution in [2.75, 3.05) is 25.0 Å². The van der Waals surface area contributed by atoms with Crippen molar-refractivity contribution in [3.05, 3.63) is 41.8 Å². The van der Waals surface area contributed by atoms with Crippen LogP contribution in [0.5, 0.6) is 0 Å². The Hall–Kier alpha value is -2.78. The Labute approximate surface area is 179 Å². The third kappa shape index (κ3) is 5.87. The minimum atomic E-state index is -1.26. The maximum atomic E-state index is 9.55. The van der Waals surface area contributed by atoms with Crippen LogP contribution in [-0.4, -0.2) is 69.5 Å². The normalized spacial score (nSPS) is 21.6. The summed E-state index contributed by atoms with van der Waals surface area (Å²) in [5.74, 6) is -1.48. The van der Waals surface area contributed by atoms with Gasteiger partial charge in [0.05, 0.1) is 4.88 Å². The van der Waals surface area contributed by atoms with E-state index in [0.717, 1.165) is 24.6 Å². The van der Waals surface area contributed by atoms with Gasteiger partial charge in [-0.05, 0) is 43.5 Å². The van der Waals surface area contributed by atoms with Crippen LogP contribution in [-0.2, 0) is 9.59 Å². The molecule has 2 saturated heterocycles. The summed E-state index contributed by atoms with van der Waals surface area (Å²) in [5, 5.41) is 26.6. The van der Waals surface area contributed by atoms with Crippen molar-refractivity contribution in [2.24, 2.45) is 0 Å². The van der Waals surface area contributed by atoms with Gasteiger partial charge in [0.1, 0.15) is 5.69 Å². The van der Waals surface area contributed by atoms with Crippen molar-refractivity contribution in [2.45, 2.75) is 37.8 Å². The predicted molar refractivity (Wildman–Crippen MR) is 116 cm³/mol. The van der Waals surface area contributed by atoms with Crippen LogP contribution in [0, 0.1) is 0 Å². The number of carboxylic acids is 2. The van der Waals surface area contributed by atoms with Gasteiger partial charge in [-0.1, -0.05) is 18.9 Å². The van der Waals surface area contributed by atoms with Gasteiger partial charge in [-0.15, -0.1) is 21.5 Å². The largest absolute Gasteiger partial charge is 0.478 e. The number of aromatic nitrogens is 2. The van der Waals surface area contributed by atoms with Crippen molar-refractivity contribution in [1.29, 1.82) is 0 Å². The topological polar surface area (TPSA) is 107 Å². The summed E-state index contributed by atoms with van der Waals surface area (Å²) < 4.78 is 0. The van der Waals surface area contributed by atoms with Crippen LogP contribution >= 0.6 is 11.3 Å². The van der Waals surface area contributed by atoms with Gasteiger partial charge in [-0.3, -0.25) is 4.90 Å². The van der Waals surface area contributed by atoms with Crippen LogP contribution in [0.4, 0.5) is 5.82 Å². The van der Waals surface area contributed by atoms with E-state index in [4.69, 9.17) is 10.2 Å². The molecule has 8 nitrogen and oxygen atoms in total. The van der Waals surface area contributed by atoms with Crippen LogP contribution in [0.1, 0.15) is 25.7 Å². The molecule has 2 aliphatic heterocycles. The number of hydrogen-bond acceptors (Lipinski definition) is 7. The second-order valence-corrected chi connectivity index (χ2v) is 8.37. The molecule has 9 heteroatoms. The van der Waals surface area contributed by atoms with E-state index in [1.165, 1.54) is 30.6 Å². The number of nitrogens with zero attached hydrogens (tertiary/aromatic N) is 4. The molecule has 2 fully saturated rings. The first-order valence-corrected chi connectivity index (χ1v) is 10.8. The molecule has 2 atom stereocenters. The number of carboxylic acid groups (broad SMARTS) is 2. The van der Waals surface area contributed by atoms with Gasteiger partial charge in [0.25, 0.3) is 0 Å². The molecule has 2 unspecified atom stereocenters. The van der Waals surface area contributed by atoms with Crippen molar-refractivity contribution < 1.29 is 19.8 Å². The number of likely N-dealkylation sites (N-methyl/N-ethyl adjacent to an activating group) is 1. The Morgan fingerprint density at radius 2 is 1.67 bits per heavy atom. The number of hydrogen-bond donors (Lipinski definition) is 2. The molecule has 0 aliphatic carbocycles. The standard InChI is InChI=1S/C17H22N4S.C4H4O4/c1-20-13-5-2-3-6-14(20)12-21(11-13)17-9-8-15(18-19-17)16-7-4-10-22-16;5-3(6)1-2-4(7)8/h4,7-10,13-14H,2-3,5-6,11-12H2,1H3;1-2H,(H,5,6)(H,7,8)/b;2-1+. The number of carbonyl (C=O) groups is 2. The predicted octanol–water partition coefficient (Wildman–Crippen LogP) is 2.98. The number of anilines is 1. The van der Waals surface area contributed by atoms with Gasteiger partial charge >= 0.3 is 11.9 Å². The highest BCUT2D eigenvalue weighted by molar-refractivity contribution is 7.13. The lowest BCUT2D eigenvalue weighted by Crippen LogP contribution is -2.56. The summed E-state index contributed by atoms with van der Waals surface area (Å²) in [6.45, 7) is 2.17. The molecular weight excluding hydrogens is 404 g/mol. The number of rotatable bonds is 4. The van der Waals surface area contributed by atoms with Crippen LogP contribution in [0.25, 0.3) is 10.6 Å². The molecule has 0 aromatic carbocycles. The minimum Gasteiger partial charge on any atom is -0.478 e. The summed E-state index contributed by atoms with van der Waals surface area (Å²) in [5.41, 5.74) is 0.977. The fourth-order valence-corrected chi connectivity index (χ4v) is 4.56. The van der Waals surface area contributed by atoms with Crippen molar-refractivity contribution in [3.8, 4) is 10.6 Å². The molecule has 2 aromatic rings. The molecular formula is C21H26N4O4S. The molecule has 2 aliphatic rings. The lowest BCUT2D eigenvalue weighted by Gasteiger charge is -2.44. The van der Waals surface area contributed by atoms with Crippen molar-refractivity contribution >= 4 is 29.1 Å². The SMILES string of the molecule is CN1C2CCCCC1CN(c1ccc(-c3cccs3)nn1)C2.O=C(O)/C=C/C(=O)O. The van der Waals surface area contributed by atoms with E-state index in [1.807, 2.05) is 0 Å². The zero-order valence-corrected chi connectivity index (χ0v) is 17.7. The number of aliphatic carboxylic acids is 2. The molecule has 2 bridgehead atoms. The first-order valence-electron chi connectivity index (χ1n) is 9.92. The zero-order valence-electron chi connectivity index (χ0n) is 16.8. The second-order valence-electron chi connectivity index (χ2n) is 7.43. The molecule has 2 N–H and O–H groups in total. The summed E-state index contributed by atoms with van der Waals surface area (Å²) >= 11 is 1.71. The Morgan fingerprint density at radius 3 is 2.13 bits per heavy atom. The maximum absolute atomic E-state index is 9.55. The Bertz CT molecular complexity index is 838. The van der Waals surface area contributed by atoms with Crippen molar-refractivity contribution in [1.82, 2.24) is 15.1 Å². The number of piperazine rings is 1. The van der Waals surface area contributed by atoms with Gasteiger partial charge < -0.3 is 15.1 Å². The van der Waals surface area contributed by atoms with E-state index >= 15 is 0 Å².